The zero-order valence-electron chi connectivity index (χ0n) is 21.4. The van der Waals surface area contributed by atoms with Crippen LogP contribution in [0, 0.1) is 16.7 Å². The zero-order chi connectivity index (χ0) is 24.0. The highest BCUT2D eigenvalue weighted by molar-refractivity contribution is 5.93. The maximum absolute atomic E-state index is 12.5. The Morgan fingerprint density at radius 3 is 1.56 bits per heavy atom. The largest absolute Gasteiger partial charge is 0.460 e. The normalized spacial score (nSPS) is 21.6. The van der Waals surface area contributed by atoms with Crippen LogP contribution in [0.15, 0.2) is 0 Å². The molecule has 0 heterocycles. The number of hydrogen-bond donors (Lipinski definition) is 0. The number of rotatable bonds is 8. The van der Waals surface area contributed by atoms with E-state index in [-0.39, 0.29) is 11.9 Å². The molecular formula is C27H46O5. The third-order valence-corrected chi connectivity index (χ3v) is 6.90. The monoisotopic (exact) mass is 450 g/mol. The lowest BCUT2D eigenvalue weighted by Crippen LogP contribution is -2.41. The lowest BCUT2D eigenvalue weighted by Gasteiger charge is -2.30. The van der Waals surface area contributed by atoms with Crippen LogP contribution in [0.3, 0.4) is 0 Å². The molecule has 0 aromatic rings. The Morgan fingerprint density at radius 2 is 1.22 bits per heavy atom. The van der Waals surface area contributed by atoms with Crippen molar-refractivity contribution in [2.75, 3.05) is 0 Å². The van der Waals surface area contributed by atoms with E-state index in [1.807, 2.05) is 41.5 Å². The van der Waals surface area contributed by atoms with Crippen LogP contribution in [0.1, 0.15) is 125 Å². The van der Waals surface area contributed by atoms with Gasteiger partial charge in [0.15, 0.2) is 0 Å². The summed E-state index contributed by atoms with van der Waals surface area (Å²) in [6.07, 6.45) is 15.7. The second kappa shape index (κ2) is 10.7. The van der Waals surface area contributed by atoms with Crippen molar-refractivity contribution in [1.82, 2.24) is 0 Å². The van der Waals surface area contributed by atoms with E-state index in [1.165, 1.54) is 44.9 Å². The molecule has 0 saturated heterocycles. The third kappa shape index (κ3) is 7.59. The van der Waals surface area contributed by atoms with E-state index in [2.05, 4.69) is 0 Å². The van der Waals surface area contributed by atoms with E-state index in [1.54, 1.807) is 0 Å². The number of esters is 2. The molecule has 3 aliphatic rings. The first kappa shape index (κ1) is 26.9. The average Bonchev–Trinajstić information content (AvgIpc) is 3.57. The summed E-state index contributed by atoms with van der Waals surface area (Å²) in [5.74, 6) is 0.534. The molecule has 0 N–H and O–H groups in total. The van der Waals surface area contributed by atoms with Crippen molar-refractivity contribution in [1.29, 1.82) is 0 Å². The molecule has 0 aliphatic heterocycles. The molecule has 0 aromatic carbocycles. The van der Waals surface area contributed by atoms with Gasteiger partial charge in [0.1, 0.15) is 17.5 Å². The highest BCUT2D eigenvalue weighted by Gasteiger charge is 2.75. The smallest absolute Gasteiger partial charge is 0.313 e. The number of hydrogen-bond acceptors (Lipinski definition) is 5. The SMILES string of the molecule is CC(C)(C)OC(=O)C1(C2(C(=O)OC(C)(C)C)CC2)CC1.O=CCCCCC1CCCCC1. The van der Waals surface area contributed by atoms with Crippen molar-refractivity contribution in [2.45, 2.75) is 136 Å². The minimum Gasteiger partial charge on any atom is -0.460 e. The Kier molecular flexibility index (Phi) is 8.97. The first-order chi connectivity index (χ1) is 14.9. The molecule has 5 heteroatoms. The van der Waals surface area contributed by atoms with E-state index in [0.717, 1.165) is 50.7 Å². The predicted molar refractivity (Wildman–Crippen MR) is 126 cm³/mol. The fourth-order valence-corrected chi connectivity index (χ4v) is 4.89. The molecule has 0 atom stereocenters. The standard InChI is InChI=1S/C16H26O4.C11H20O/c1-13(2,3)19-11(17)15(7-8-15)16(9-10-16)12(18)20-14(4,5)6;12-10-6-2-5-9-11-7-3-1-4-8-11/h7-10H2,1-6H3;10-11H,1-9H2. The van der Waals surface area contributed by atoms with E-state index < -0.39 is 22.0 Å². The van der Waals surface area contributed by atoms with Gasteiger partial charge in [-0.25, -0.2) is 0 Å². The van der Waals surface area contributed by atoms with Crippen LogP contribution in [0.2, 0.25) is 0 Å². The van der Waals surface area contributed by atoms with E-state index in [4.69, 9.17) is 9.47 Å². The van der Waals surface area contributed by atoms with Gasteiger partial charge in [0.05, 0.1) is 10.8 Å². The van der Waals surface area contributed by atoms with Gasteiger partial charge in [0.25, 0.3) is 0 Å². The molecule has 0 unspecified atom stereocenters. The van der Waals surface area contributed by atoms with Crippen LogP contribution in [-0.4, -0.2) is 29.4 Å². The van der Waals surface area contributed by atoms with Crippen molar-refractivity contribution < 1.29 is 23.9 Å². The molecule has 0 bridgehead atoms. The summed E-state index contributed by atoms with van der Waals surface area (Å²) < 4.78 is 11.0. The molecule has 3 fully saturated rings. The Hall–Kier alpha value is -1.39. The van der Waals surface area contributed by atoms with Gasteiger partial charge in [0.2, 0.25) is 0 Å². The van der Waals surface area contributed by atoms with Gasteiger partial charge in [-0.1, -0.05) is 44.9 Å². The molecule has 0 aromatic heterocycles. The first-order valence-electron chi connectivity index (χ1n) is 12.8. The maximum atomic E-state index is 12.5. The minimum atomic E-state index is -0.622. The molecule has 0 spiro atoms. The predicted octanol–water partition coefficient (Wildman–Crippen LogP) is 6.56. The van der Waals surface area contributed by atoms with Crippen LogP contribution < -0.4 is 0 Å². The molecule has 0 amide bonds. The van der Waals surface area contributed by atoms with E-state index in [0.29, 0.717) is 0 Å². The Morgan fingerprint density at radius 1 is 0.781 bits per heavy atom. The number of ether oxygens (including phenoxy) is 2. The van der Waals surface area contributed by atoms with Gasteiger partial charge >= 0.3 is 11.9 Å². The second-order valence-corrected chi connectivity index (χ2v) is 12.1. The Labute approximate surface area is 195 Å². The molecule has 184 valence electrons. The van der Waals surface area contributed by atoms with Crippen LogP contribution in [-0.2, 0) is 23.9 Å². The summed E-state index contributed by atoms with van der Waals surface area (Å²) in [7, 11) is 0. The van der Waals surface area contributed by atoms with Gasteiger partial charge in [-0.3, -0.25) is 9.59 Å². The van der Waals surface area contributed by atoms with Gasteiger partial charge < -0.3 is 14.3 Å². The summed E-state index contributed by atoms with van der Waals surface area (Å²) in [4.78, 5) is 35.0. The molecule has 3 aliphatic carbocycles. The number of unbranched alkanes of at least 4 members (excludes halogenated alkanes) is 2. The fourth-order valence-electron chi connectivity index (χ4n) is 4.89. The van der Waals surface area contributed by atoms with Crippen LogP contribution in [0.4, 0.5) is 0 Å². The number of carbonyl (C=O) groups is 3. The van der Waals surface area contributed by atoms with Gasteiger partial charge in [0, 0.05) is 6.42 Å². The first-order valence-corrected chi connectivity index (χ1v) is 12.8. The number of aldehydes is 1. The summed E-state index contributed by atoms with van der Waals surface area (Å²) in [5, 5.41) is 0. The summed E-state index contributed by atoms with van der Waals surface area (Å²) in [6.45, 7) is 11.1. The van der Waals surface area contributed by atoms with E-state index >= 15 is 0 Å². The highest BCUT2D eigenvalue weighted by Crippen LogP contribution is 2.71. The molecule has 3 saturated carbocycles. The van der Waals surface area contributed by atoms with Crippen LogP contribution >= 0.6 is 0 Å². The summed E-state index contributed by atoms with van der Waals surface area (Å²) >= 11 is 0. The minimum absolute atomic E-state index is 0.228. The van der Waals surface area contributed by atoms with Crippen molar-refractivity contribution in [3.8, 4) is 0 Å². The lowest BCUT2D eigenvalue weighted by atomic mass is 9.85. The quantitative estimate of drug-likeness (QED) is 0.238. The topological polar surface area (TPSA) is 69.7 Å². The number of carbonyl (C=O) groups excluding carboxylic acids is 3. The molecule has 3 rings (SSSR count). The third-order valence-electron chi connectivity index (χ3n) is 6.90. The Bertz CT molecular complexity index is 596. The van der Waals surface area contributed by atoms with Crippen molar-refractivity contribution in [2.24, 2.45) is 16.7 Å². The maximum Gasteiger partial charge on any atom is 0.313 e. The summed E-state index contributed by atoms with van der Waals surface area (Å²) in [5.41, 5.74) is -2.28. The van der Waals surface area contributed by atoms with Crippen molar-refractivity contribution in [3.05, 3.63) is 0 Å². The molecule has 5 nitrogen and oxygen atoms in total. The summed E-state index contributed by atoms with van der Waals surface area (Å²) in [6, 6.07) is 0. The second-order valence-electron chi connectivity index (χ2n) is 12.1. The Balaban J connectivity index is 0.000000258. The molecule has 0 radical (unpaired) electrons. The highest BCUT2D eigenvalue weighted by atomic mass is 16.6. The molecule has 32 heavy (non-hydrogen) atoms. The van der Waals surface area contributed by atoms with Crippen molar-refractivity contribution in [3.63, 3.8) is 0 Å². The van der Waals surface area contributed by atoms with Crippen molar-refractivity contribution >= 4 is 18.2 Å². The molecular weight excluding hydrogens is 404 g/mol. The van der Waals surface area contributed by atoms with Gasteiger partial charge in [-0.2, -0.15) is 0 Å². The van der Waals surface area contributed by atoms with Gasteiger partial charge in [-0.15, -0.1) is 0 Å². The average molecular weight is 451 g/mol. The zero-order valence-corrected chi connectivity index (χ0v) is 21.4. The fraction of sp³-hybridized carbons (Fsp3) is 0.889. The van der Waals surface area contributed by atoms with E-state index in [9.17, 15) is 14.4 Å². The lowest BCUT2D eigenvalue weighted by molar-refractivity contribution is -0.177. The van der Waals surface area contributed by atoms with Gasteiger partial charge in [-0.05, 0) is 79.6 Å². The van der Waals surface area contributed by atoms with Crippen LogP contribution in [0.5, 0.6) is 0 Å². The van der Waals surface area contributed by atoms with Crippen LogP contribution in [0.25, 0.3) is 0 Å².